The van der Waals surface area contributed by atoms with E-state index in [1.165, 1.54) is 4.31 Å². The number of nitrogens with zero attached hydrogens (tertiary/aromatic N) is 2. The summed E-state index contributed by atoms with van der Waals surface area (Å²) in [5.74, 6) is -0.407. The Morgan fingerprint density at radius 1 is 0.882 bits per heavy atom. The minimum Gasteiger partial charge on any atom is -0.349 e. The van der Waals surface area contributed by atoms with Gasteiger partial charge in [-0.1, -0.05) is 55.3 Å². The molecule has 2 aliphatic rings. The van der Waals surface area contributed by atoms with Crippen molar-refractivity contribution in [2.24, 2.45) is 0 Å². The molecular formula is C25H32N4O4S. The van der Waals surface area contributed by atoms with E-state index in [2.05, 4.69) is 10.6 Å². The molecule has 8 nitrogen and oxygen atoms in total. The molecule has 1 heterocycles. The summed E-state index contributed by atoms with van der Waals surface area (Å²) in [6.07, 6.45) is 4.24. The minimum absolute atomic E-state index is 0.0198. The Balaban J connectivity index is 1.28. The third-order valence-corrected chi connectivity index (χ3v) is 8.27. The zero-order valence-electron chi connectivity index (χ0n) is 19.3. The molecule has 34 heavy (non-hydrogen) atoms. The highest BCUT2D eigenvalue weighted by atomic mass is 32.2. The van der Waals surface area contributed by atoms with Crippen molar-refractivity contribution in [3.05, 3.63) is 65.7 Å². The molecule has 0 radical (unpaired) electrons. The van der Waals surface area contributed by atoms with Crippen LogP contribution in [-0.2, 0) is 20.6 Å². The van der Waals surface area contributed by atoms with Crippen LogP contribution >= 0.6 is 0 Å². The van der Waals surface area contributed by atoms with Gasteiger partial charge in [0.15, 0.2) is 0 Å². The molecule has 1 saturated carbocycles. The van der Waals surface area contributed by atoms with E-state index in [4.69, 9.17) is 0 Å². The Kier molecular flexibility index (Phi) is 7.97. The summed E-state index contributed by atoms with van der Waals surface area (Å²) in [7, 11) is -3.40. The van der Waals surface area contributed by atoms with Crippen molar-refractivity contribution in [3.63, 3.8) is 0 Å². The van der Waals surface area contributed by atoms with Crippen molar-refractivity contribution < 1.29 is 18.0 Å². The van der Waals surface area contributed by atoms with Gasteiger partial charge in [-0.2, -0.15) is 4.31 Å². The lowest BCUT2D eigenvalue weighted by Crippen LogP contribution is -2.50. The van der Waals surface area contributed by atoms with Gasteiger partial charge in [0.2, 0.25) is 15.9 Å². The molecule has 2 N–H and O–H groups in total. The summed E-state index contributed by atoms with van der Waals surface area (Å²) in [6, 6.07) is 16.4. The third kappa shape index (κ3) is 6.43. The van der Waals surface area contributed by atoms with Gasteiger partial charge in [-0.3, -0.25) is 14.5 Å². The summed E-state index contributed by atoms with van der Waals surface area (Å²) in [5.41, 5.74) is 1.71. The first kappa shape index (κ1) is 24.4. The van der Waals surface area contributed by atoms with E-state index in [1.54, 1.807) is 24.3 Å². The summed E-state index contributed by atoms with van der Waals surface area (Å²) in [4.78, 5) is 27.4. The molecule has 2 aromatic carbocycles. The van der Waals surface area contributed by atoms with Gasteiger partial charge in [0.1, 0.15) is 0 Å². The molecule has 0 unspecified atom stereocenters. The summed E-state index contributed by atoms with van der Waals surface area (Å²) < 4.78 is 27.0. The topological polar surface area (TPSA) is 98.8 Å². The maximum Gasteiger partial charge on any atom is 0.253 e. The maximum absolute atomic E-state index is 12.7. The molecule has 1 aliphatic carbocycles. The number of hydrogen-bond donors (Lipinski definition) is 2. The lowest BCUT2D eigenvalue weighted by atomic mass is 10.1. The number of amides is 2. The first-order valence-corrected chi connectivity index (χ1v) is 13.5. The average molecular weight is 485 g/mol. The number of anilines is 1. The molecule has 0 atom stereocenters. The number of nitrogens with one attached hydrogen (secondary N) is 2. The van der Waals surface area contributed by atoms with E-state index in [0.717, 1.165) is 31.2 Å². The molecule has 182 valence electrons. The van der Waals surface area contributed by atoms with Crippen molar-refractivity contribution in [2.75, 3.05) is 38.0 Å². The standard InChI is InChI=1S/C25H32N4O4S/c30-24(27-23-13-7-6-12-22(23)25(31)26-21-10-4-5-11-21)18-28-14-16-29(17-15-28)34(32,33)19-20-8-2-1-3-9-20/h1-3,6-9,12-13,21H,4-5,10-11,14-19H2,(H,26,31)(H,27,30). The van der Waals surface area contributed by atoms with Gasteiger partial charge in [0, 0.05) is 32.2 Å². The van der Waals surface area contributed by atoms with Crippen LogP contribution in [0.15, 0.2) is 54.6 Å². The van der Waals surface area contributed by atoms with E-state index < -0.39 is 10.0 Å². The molecule has 9 heteroatoms. The van der Waals surface area contributed by atoms with Crippen molar-refractivity contribution in [3.8, 4) is 0 Å². The first-order valence-electron chi connectivity index (χ1n) is 11.8. The van der Waals surface area contributed by atoms with E-state index in [1.807, 2.05) is 35.2 Å². The average Bonchev–Trinajstić information content (AvgIpc) is 3.33. The van der Waals surface area contributed by atoms with E-state index >= 15 is 0 Å². The highest BCUT2D eigenvalue weighted by Gasteiger charge is 2.28. The van der Waals surface area contributed by atoms with Gasteiger partial charge in [-0.05, 0) is 30.5 Å². The van der Waals surface area contributed by atoms with Crippen LogP contribution in [0.4, 0.5) is 5.69 Å². The molecule has 2 amide bonds. The van der Waals surface area contributed by atoms with E-state index in [-0.39, 0.29) is 30.2 Å². The minimum atomic E-state index is -3.40. The molecule has 1 saturated heterocycles. The smallest absolute Gasteiger partial charge is 0.253 e. The van der Waals surface area contributed by atoms with E-state index in [0.29, 0.717) is 37.4 Å². The van der Waals surface area contributed by atoms with Crippen molar-refractivity contribution >= 4 is 27.5 Å². The Morgan fingerprint density at radius 2 is 1.53 bits per heavy atom. The van der Waals surface area contributed by atoms with Gasteiger partial charge in [-0.15, -0.1) is 0 Å². The zero-order valence-corrected chi connectivity index (χ0v) is 20.1. The lowest BCUT2D eigenvalue weighted by Gasteiger charge is -2.33. The second kappa shape index (κ2) is 11.1. The molecular weight excluding hydrogens is 452 g/mol. The fourth-order valence-electron chi connectivity index (χ4n) is 4.56. The Hall–Kier alpha value is -2.75. The van der Waals surface area contributed by atoms with Gasteiger partial charge in [0.05, 0.1) is 23.5 Å². The second-order valence-electron chi connectivity index (χ2n) is 8.97. The van der Waals surface area contributed by atoms with E-state index in [9.17, 15) is 18.0 Å². The van der Waals surface area contributed by atoms with Crippen molar-refractivity contribution in [2.45, 2.75) is 37.5 Å². The normalized spacial score (nSPS) is 18.0. The first-order chi connectivity index (χ1) is 16.4. The molecule has 0 bridgehead atoms. The molecule has 0 aromatic heterocycles. The number of para-hydroxylation sites is 1. The number of carbonyl (C=O) groups excluding carboxylic acids is 2. The number of rotatable bonds is 8. The quantitative estimate of drug-likeness (QED) is 0.600. The predicted octanol–water partition coefficient (Wildman–Crippen LogP) is 2.45. The summed E-state index contributed by atoms with van der Waals surface area (Å²) in [5, 5.41) is 5.93. The zero-order chi connectivity index (χ0) is 24.0. The van der Waals surface area contributed by atoms with Crippen LogP contribution in [-0.4, -0.2) is 68.2 Å². The highest BCUT2D eigenvalue weighted by molar-refractivity contribution is 7.88. The Labute approximate surface area is 201 Å². The third-order valence-electron chi connectivity index (χ3n) is 6.42. The van der Waals surface area contributed by atoms with Gasteiger partial charge >= 0.3 is 0 Å². The SMILES string of the molecule is O=C(CN1CCN(S(=O)(=O)Cc2ccccc2)CC1)Nc1ccccc1C(=O)NC1CCCC1. The Morgan fingerprint density at radius 3 is 2.24 bits per heavy atom. The van der Waals surface area contributed by atoms with Crippen LogP contribution in [0.5, 0.6) is 0 Å². The van der Waals surface area contributed by atoms with Crippen molar-refractivity contribution in [1.82, 2.24) is 14.5 Å². The Bertz CT molecular complexity index is 1090. The number of hydrogen-bond acceptors (Lipinski definition) is 5. The molecule has 4 rings (SSSR count). The van der Waals surface area contributed by atoms with Crippen LogP contribution in [0.2, 0.25) is 0 Å². The fourth-order valence-corrected chi connectivity index (χ4v) is 6.07. The number of benzene rings is 2. The fraction of sp³-hybridized carbons (Fsp3) is 0.440. The van der Waals surface area contributed by atoms with Crippen LogP contribution in [0.25, 0.3) is 0 Å². The number of piperazine rings is 1. The van der Waals surface area contributed by atoms with Crippen LogP contribution in [0.1, 0.15) is 41.6 Å². The van der Waals surface area contributed by atoms with Crippen LogP contribution in [0, 0.1) is 0 Å². The monoisotopic (exact) mass is 484 g/mol. The van der Waals surface area contributed by atoms with Gasteiger partial charge < -0.3 is 10.6 Å². The number of sulfonamides is 1. The molecule has 1 aliphatic heterocycles. The lowest BCUT2D eigenvalue weighted by molar-refractivity contribution is -0.117. The van der Waals surface area contributed by atoms with Gasteiger partial charge in [0.25, 0.3) is 5.91 Å². The summed E-state index contributed by atoms with van der Waals surface area (Å²) >= 11 is 0. The van der Waals surface area contributed by atoms with Crippen LogP contribution in [0.3, 0.4) is 0 Å². The second-order valence-corrected chi connectivity index (χ2v) is 10.9. The summed E-state index contributed by atoms with van der Waals surface area (Å²) in [6.45, 7) is 1.80. The molecule has 2 aromatic rings. The van der Waals surface area contributed by atoms with Gasteiger partial charge in [-0.25, -0.2) is 8.42 Å². The molecule has 0 spiro atoms. The predicted molar refractivity (Wildman–Crippen MR) is 132 cm³/mol. The largest absolute Gasteiger partial charge is 0.349 e. The molecule has 2 fully saturated rings. The maximum atomic E-state index is 12.7. The van der Waals surface area contributed by atoms with Crippen LogP contribution < -0.4 is 10.6 Å². The highest BCUT2D eigenvalue weighted by Crippen LogP contribution is 2.20. The number of carbonyl (C=O) groups is 2. The van der Waals surface area contributed by atoms with Crippen molar-refractivity contribution in [1.29, 1.82) is 0 Å².